The van der Waals surface area contributed by atoms with Crippen molar-refractivity contribution in [2.75, 3.05) is 0 Å². The molecule has 5 aliphatic carbocycles. The summed E-state index contributed by atoms with van der Waals surface area (Å²) in [6, 6.07) is 0. The summed E-state index contributed by atoms with van der Waals surface area (Å²) in [5.74, 6) is 5.70. The first-order valence-electron chi connectivity index (χ1n) is 10.2. The third-order valence-corrected chi connectivity index (χ3v) is 8.41. The molecule has 0 heteroatoms. The van der Waals surface area contributed by atoms with E-state index in [-0.39, 0.29) is 0 Å². The van der Waals surface area contributed by atoms with Crippen LogP contribution in [-0.2, 0) is 0 Å². The van der Waals surface area contributed by atoms with Gasteiger partial charge in [-0.25, -0.2) is 0 Å². The predicted molar refractivity (Wildman–Crippen MR) is 97.0 cm³/mol. The summed E-state index contributed by atoms with van der Waals surface area (Å²) in [5, 5.41) is 0. The van der Waals surface area contributed by atoms with Crippen molar-refractivity contribution in [1.82, 2.24) is 0 Å². The second kappa shape index (κ2) is 5.11. The molecule has 0 aromatic heterocycles. The van der Waals surface area contributed by atoms with E-state index in [0.29, 0.717) is 5.41 Å². The molecule has 0 nitrogen and oxygen atoms in total. The van der Waals surface area contributed by atoms with Gasteiger partial charge in [0, 0.05) is 0 Å². The van der Waals surface area contributed by atoms with Crippen LogP contribution in [0.15, 0.2) is 35.5 Å². The molecule has 0 aromatic rings. The van der Waals surface area contributed by atoms with E-state index in [1.165, 1.54) is 44.9 Å². The Morgan fingerprint density at radius 3 is 2.87 bits per heavy atom. The Morgan fingerprint density at radius 1 is 1.09 bits per heavy atom. The third kappa shape index (κ3) is 2.02. The molecule has 0 amide bonds. The largest absolute Gasteiger partial charge is 0.0882 e. The molecule has 23 heavy (non-hydrogen) atoms. The van der Waals surface area contributed by atoms with Gasteiger partial charge in [-0.2, -0.15) is 0 Å². The minimum Gasteiger partial charge on any atom is -0.0882 e. The predicted octanol–water partition coefficient (Wildman–Crippen LogP) is 6.31. The quantitative estimate of drug-likeness (QED) is 0.460. The van der Waals surface area contributed by atoms with Crippen LogP contribution < -0.4 is 0 Å². The van der Waals surface area contributed by atoms with Crippen molar-refractivity contribution in [2.24, 2.45) is 40.9 Å². The lowest BCUT2D eigenvalue weighted by Crippen LogP contribution is -2.34. The summed E-state index contributed by atoms with van der Waals surface area (Å²) in [5.41, 5.74) is 4.18. The maximum Gasteiger partial charge on any atom is -0.0100 e. The van der Waals surface area contributed by atoms with Crippen LogP contribution in [-0.4, -0.2) is 0 Å². The average Bonchev–Trinajstić information content (AvgIpc) is 3.05. The zero-order chi connectivity index (χ0) is 15.6. The molecule has 7 atom stereocenters. The van der Waals surface area contributed by atoms with Crippen molar-refractivity contribution in [1.29, 1.82) is 0 Å². The number of fused-ring (bicyclic) bond motifs is 6. The van der Waals surface area contributed by atoms with Gasteiger partial charge in [-0.3, -0.25) is 0 Å². The van der Waals surface area contributed by atoms with Crippen LogP contribution in [0.1, 0.15) is 65.2 Å². The van der Waals surface area contributed by atoms with Gasteiger partial charge in [-0.05, 0) is 92.8 Å². The van der Waals surface area contributed by atoms with E-state index in [0.717, 1.165) is 35.5 Å². The second-order valence-corrected chi connectivity index (χ2v) is 9.64. The van der Waals surface area contributed by atoms with Crippen molar-refractivity contribution in [3.05, 3.63) is 35.5 Å². The van der Waals surface area contributed by atoms with Crippen LogP contribution in [0.2, 0.25) is 0 Å². The van der Waals surface area contributed by atoms with Crippen LogP contribution in [0.4, 0.5) is 0 Å². The third-order valence-electron chi connectivity index (χ3n) is 8.41. The maximum absolute atomic E-state index is 2.61. The fourth-order valence-corrected chi connectivity index (χ4v) is 7.49. The lowest BCUT2D eigenvalue weighted by Gasteiger charge is -2.42. The number of allylic oxidation sites excluding steroid dienone is 6. The van der Waals surface area contributed by atoms with Crippen molar-refractivity contribution < 1.29 is 0 Å². The van der Waals surface area contributed by atoms with Gasteiger partial charge in [0.2, 0.25) is 0 Å². The molecule has 124 valence electrons. The highest BCUT2D eigenvalue weighted by molar-refractivity contribution is 5.36. The molecule has 3 saturated carbocycles. The molecule has 5 aliphatic rings. The Morgan fingerprint density at radius 2 is 2.00 bits per heavy atom. The number of hydrogen-bond acceptors (Lipinski definition) is 0. The molecule has 0 saturated heterocycles. The Labute approximate surface area is 142 Å². The van der Waals surface area contributed by atoms with Gasteiger partial charge in [-0.15, -0.1) is 0 Å². The lowest BCUT2D eigenvalue weighted by molar-refractivity contribution is 0.0740. The molecule has 5 rings (SSSR count). The first kappa shape index (κ1) is 14.6. The molecule has 0 aliphatic heterocycles. The first-order valence-corrected chi connectivity index (χ1v) is 10.2. The Kier molecular flexibility index (Phi) is 3.23. The summed E-state index contributed by atoms with van der Waals surface area (Å²) >= 11 is 0. The summed E-state index contributed by atoms with van der Waals surface area (Å²) < 4.78 is 0. The van der Waals surface area contributed by atoms with Crippen molar-refractivity contribution in [3.63, 3.8) is 0 Å². The molecule has 0 aromatic carbocycles. The Hall–Kier alpha value is -0.780. The van der Waals surface area contributed by atoms with E-state index >= 15 is 0 Å². The Balaban J connectivity index is 1.57. The van der Waals surface area contributed by atoms with Gasteiger partial charge >= 0.3 is 0 Å². The molecule has 7 unspecified atom stereocenters. The fourth-order valence-electron chi connectivity index (χ4n) is 7.49. The SMILES string of the molecule is CC1=CC=C2C3CCC(C)CC3C3(CC4C=CCCC4C3)C2C1. The van der Waals surface area contributed by atoms with Gasteiger partial charge in [0.15, 0.2) is 0 Å². The van der Waals surface area contributed by atoms with Crippen LogP contribution in [0.5, 0.6) is 0 Å². The molecule has 0 heterocycles. The van der Waals surface area contributed by atoms with Crippen molar-refractivity contribution in [3.8, 4) is 0 Å². The van der Waals surface area contributed by atoms with E-state index in [1.54, 1.807) is 12.0 Å². The maximum atomic E-state index is 2.61. The summed E-state index contributed by atoms with van der Waals surface area (Å²) in [7, 11) is 0. The molecule has 3 fully saturated rings. The highest BCUT2D eigenvalue weighted by Gasteiger charge is 2.61. The van der Waals surface area contributed by atoms with E-state index in [1.807, 2.05) is 5.57 Å². The van der Waals surface area contributed by atoms with E-state index < -0.39 is 0 Å². The van der Waals surface area contributed by atoms with Gasteiger partial charge < -0.3 is 0 Å². The summed E-state index contributed by atoms with van der Waals surface area (Å²) in [4.78, 5) is 0. The lowest BCUT2D eigenvalue weighted by atomic mass is 9.62. The van der Waals surface area contributed by atoms with Crippen LogP contribution in [0, 0.1) is 40.9 Å². The van der Waals surface area contributed by atoms with E-state index in [2.05, 4.69) is 38.2 Å². The van der Waals surface area contributed by atoms with Gasteiger partial charge in [-0.1, -0.05) is 48.8 Å². The summed E-state index contributed by atoms with van der Waals surface area (Å²) in [6.07, 6.45) is 21.8. The zero-order valence-corrected chi connectivity index (χ0v) is 14.9. The average molecular weight is 309 g/mol. The molecular formula is C23H32. The Bertz CT molecular complexity index is 591. The van der Waals surface area contributed by atoms with E-state index in [9.17, 15) is 0 Å². The van der Waals surface area contributed by atoms with Crippen LogP contribution >= 0.6 is 0 Å². The molecule has 0 bridgehead atoms. The number of rotatable bonds is 0. The topological polar surface area (TPSA) is 0 Å². The van der Waals surface area contributed by atoms with Crippen molar-refractivity contribution >= 4 is 0 Å². The second-order valence-electron chi connectivity index (χ2n) is 9.64. The standard InChI is InChI=1S/C23H32/c1-15-7-9-19-20-10-8-16(2)12-22(20)23(21(19)11-15)13-17-5-3-4-6-18(17)14-23/h3,5,7,9,16-18,20-22H,4,6,8,10-14H2,1-2H3. The summed E-state index contributed by atoms with van der Waals surface area (Å²) in [6.45, 7) is 4.89. The van der Waals surface area contributed by atoms with Crippen molar-refractivity contribution in [2.45, 2.75) is 65.2 Å². The first-order chi connectivity index (χ1) is 11.2. The smallest absolute Gasteiger partial charge is 0.0100 e. The van der Waals surface area contributed by atoms with Crippen LogP contribution in [0.3, 0.4) is 0 Å². The van der Waals surface area contributed by atoms with E-state index in [4.69, 9.17) is 0 Å². The molecular weight excluding hydrogens is 276 g/mol. The van der Waals surface area contributed by atoms with Gasteiger partial charge in [0.25, 0.3) is 0 Å². The minimum atomic E-state index is 0.657. The van der Waals surface area contributed by atoms with Gasteiger partial charge in [0.05, 0.1) is 0 Å². The fraction of sp³-hybridized carbons (Fsp3) is 0.739. The number of hydrogen-bond donors (Lipinski definition) is 0. The molecule has 0 radical (unpaired) electrons. The minimum absolute atomic E-state index is 0.657. The highest BCUT2D eigenvalue weighted by Crippen LogP contribution is 2.70. The monoisotopic (exact) mass is 308 g/mol. The zero-order valence-electron chi connectivity index (χ0n) is 14.9. The van der Waals surface area contributed by atoms with Gasteiger partial charge in [0.1, 0.15) is 0 Å². The molecule has 0 N–H and O–H groups in total. The molecule has 1 spiro atoms. The van der Waals surface area contributed by atoms with Crippen LogP contribution in [0.25, 0.3) is 0 Å². The normalized spacial score (nSPS) is 51.0. The highest BCUT2D eigenvalue weighted by atomic mass is 14.7.